The zero-order chi connectivity index (χ0) is 13.1. The van der Waals surface area contributed by atoms with Gasteiger partial charge >= 0.3 is 0 Å². The van der Waals surface area contributed by atoms with Crippen LogP contribution in [0.15, 0.2) is 24.8 Å². The Morgan fingerprint density at radius 1 is 1.37 bits per heavy atom. The smallest absolute Gasteiger partial charge is 0.129 e. The molecule has 1 fully saturated rings. The van der Waals surface area contributed by atoms with E-state index in [0.29, 0.717) is 12.0 Å². The second-order valence-electron chi connectivity index (χ2n) is 5.04. The number of nitrogens with one attached hydrogen (secondary N) is 2. The van der Waals surface area contributed by atoms with Gasteiger partial charge in [0.15, 0.2) is 0 Å². The van der Waals surface area contributed by atoms with Gasteiger partial charge in [-0.25, -0.2) is 9.97 Å². The Morgan fingerprint density at radius 2 is 2.26 bits per heavy atom. The van der Waals surface area contributed by atoms with E-state index in [-0.39, 0.29) is 0 Å². The van der Waals surface area contributed by atoms with Crippen molar-refractivity contribution in [2.75, 3.05) is 11.9 Å². The van der Waals surface area contributed by atoms with E-state index in [1.165, 1.54) is 5.56 Å². The van der Waals surface area contributed by atoms with E-state index < -0.39 is 0 Å². The van der Waals surface area contributed by atoms with Gasteiger partial charge in [0.05, 0.1) is 6.20 Å². The Labute approximate surface area is 111 Å². The third-order valence-electron chi connectivity index (χ3n) is 3.56. The molecule has 1 saturated carbocycles. The van der Waals surface area contributed by atoms with Gasteiger partial charge in [-0.15, -0.1) is 0 Å². The largest absolute Gasteiger partial charge is 0.370 e. The molecule has 6 nitrogen and oxygen atoms in total. The average molecular weight is 258 g/mol. The fourth-order valence-electron chi connectivity index (χ4n) is 2.34. The number of aromatic nitrogens is 4. The van der Waals surface area contributed by atoms with E-state index >= 15 is 0 Å². The molecule has 0 spiro atoms. The van der Waals surface area contributed by atoms with Crippen molar-refractivity contribution in [3.8, 4) is 0 Å². The molecule has 1 aliphatic rings. The second-order valence-corrected chi connectivity index (χ2v) is 5.04. The molecule has 6 heteroatoms. The van der Waals surface area contributed by atoms with Crippen molar-refractivity contribution in [3.05, 3.63) is 36.0 Å². The van der Waals surface area contributed by atoms with E-state index in [9.17, 15) is 0 Å². The van der Waals surface area contributed by atoms with Crippen LogP contribution in [0.3, 0.4) is 0 Å². The first kappa shape index (κ1) is 12.1. The first-order chi connectivity index (χ1) is 9.31. The summed E-state index contributed by atoms with van der Waals surface area (Å²) in [5, 5.41) is 10.0. The minimum Gasteiger partial charge on any atom is -0.370 e. The summed E-state index contributed by atoms with van der Waals surface area (Å²) in [5.74, 6) is 1.39. The minimum absolute atomic E-state index is 0.345. The summed E-state index contributed by atoms with van der Waals surface area (Å²) in [4.78, 5) is 8.57. The van der Waals surface area contributed by atoms with Gasteiger partial charge in [-0.2, -0.15) is 5.10 Å². The van der Waals surface area contributed by atoms with Gasteiger partial charge in [0.1, 0.15) is 12.1 Å². The minimum atomic E-state index is 0.345. The van der Waals surface area contributed by atoms with Crippen molar-refractivity contribution < 1.29 is 0 Å². The molecular weight excluding hydrogens is 240 g/mol. The number of nitrogens with zero attached hydrogens (tertiary/aromatic N) is 3. The molecule has 0 saturated heterocycles. The molecule has 0 aromatic carbocycles. The van der Waals surface area contributed by atoms with Crippen molar-refractivity contribution in [1.82, 2.24) is 20.2 Å². The van der Waals surface area contributed by atoms with Crippen LogP contribution >= 0.6 is 0 Å². The van der Waals surface area contributed by atoms with Crippen LogP contribution in [-0.2, 0) is 6.42 Å². The molecule has 2 heterocycles. The Hall–Kier alpha value is -1.95. The monoisotopic (exact) mass is 258 g/mol. The van der Waals surface area contributed by atoms with E-state index in [1.54, 1.807) is 6.33 Å². The number of rotatable bonds is 5. The third kappa shape index (κ3) is 2.90. The second kappa shape index (κ2) is 5.36. The van der Waals surface area contributed by atoms with Gasteiger partial charge in [0.2, 0.25) is 0 Å². The van der Waals surface area contributed by atoms with E-state index in [2.05, 4.69) is 25.5 Å². The Balaban J connectivity index is 1.54. The molecule has 2 aromatic heterocycles. The van der Waals surface area contributed by atoms with Crippen LogP contribution in [0.25, 0.3) is 0 Å². The summed E-state index contributed by atoms with van der Waals surface area (Å²) in [5.41, 5.74) is 8.10. The van der Waals surface area contributed by atoms with Gasteiger partial charge in [-0.3, -0.25) is 5.10 Å². The maximum Gasteiger partial charge on any atom is 0.129 e. The van der Waals surface area contributed by atoms with Crippen molar-refractivity contribution in [2.24, 2.45) is 5.73 Å². The summed E-state index contributed by atoms with van der Waals surface area (Å²) in [6, 6.07) is 2.38. The molecule has 4 N–H and O–H groups in total. The zero-order valence-electron chi connectivity index (χ0n) is 10.7. The fourth-order valence-corrected chi connectivity index (χ4v) is 2.34. The molecule has 0 atom stereocenters. The molecule has 19 heavy (non-hydrogen) atoms. The van der Waals surface area contributed by atoms with Gasteiger partial charge in [0.25, 0.3) is 0 Å². The molecule has 0 radical (unpaired) electrons. The molecule has 1 aliphatic carbocycles. The number of anilines is 1. The Kier molecular flexibility index (Phi) is 3.41. The first-order valence-corrected chi connectivity index (χ1v) is 6.60. The number of H-pyrrole nitrogens is 1. The highest BCUT2D eigenvalue weighted by Gasteiger charge is 2.28. The molecular formula is C13H18N6. The Bertz CT molecular complexity index is 518. The highest BCUT2D eigenvalue weighted by molar-refractivity contribution is 5.36. The molecule has 2 aromatic rings. The fraction of sp³-hybridized carbons (Fsp3) is 0.462. The van der Waals surface area contributed by atoms with E-state index in [4.69, 9.17) is 5.73 Å². The first-order valence-electron chi connectivity index (χ1n) is 6.60. The number of hydrogen-bond donors (Lipinski definition) is 3. The van der Waals surface area contributed by atoms with Crippen LogP contribution < -0.4 is 11.1 Å². The van der Waals surface area contributed by atoms with E-state index in [1.807, 2.05) is 18.5 Å². The summed E-state index contributed by atoms with van der Waals surface area (Å²) < 4.78 is 0. The average Bonchev–Trinajstić information content (AvgIpc) is 2.89. The van der Waals surface area contributed by atoms with Crippen LogP contribution in [0.2, 0.25) is 0 Å². The quantitative estimate of drug-likeness (QED) is 0.745. The SMILES string of the molecule is NC1CC(c2cc(NCCc3cn[nH]c3)ncn2)C1. The van der Waals surface area contributed by atoms with Gasteiger partial charge < -0.3 is 11.1 Å². The summed E-state index contributed by atoms with van der Waals surface area (Å²) in [6.07, 6.45) is 8.35. The van der Waals surface area contributed by atoms with Crippen molar-refractivity contribution in [3.63, 3.8) is 0 Å². The van der Waals surface area contributed by atoms with Crippen LogP contribution in [0.5, 0.6) is 0 Å². The lowest BCUT2D eigenvalue weighted by atomic mass is 9.79. The molecule has 100 valence electrons. The topological polar surface area (TPSA) is 92.5 Å². The standard InChI is InChI=1S/C13H18N6/c14-11-3-10(4-11)12-5-13(17-8-16-12)15-2-1-9-6-18-19-7-9/h5-8,10-11H,1-4,14H2,(H,18,19)(H,15,16,17). The number of aromatic amines is 1. The summed E-state index contributed by atoms with van der Waals surface area (Å²) >= 11 is 0. The highest BCUT2D eigenvalue weighted by Crippen LogP contribution is 2.34. The van der Waals surface area contributed by atoms with E-state index in [0.717, 1.165) is 37.3 Å². The van der Waals surface area contributed by atoms with Crippen LogP contribution in [0, 0.1) is 0 Å². The van der Waals surface area contributed by atoms with Crippen LogP contribution in [0.4, 0.5) is 5.82 Å². The molecule has 3 rings (SSSR count). The van der Waals surface area contributed by atoms with Gasteiger partial charge in [-0.05, 0) is 24.8 Å². The third-order valence-corrected chi connectivity index (χ3v) is 3.56. The normalized spacial score (nSPS) is 21.9. The van der Waals surface area contributed by atoms with Crippen LogP contribution in [0.1, 0.15) is 30.0 Å². The molecule has 0 unspecified atom stereocenters. The zero-order valence-corrected chi connectivity index (χ0v) is 10.7. The molecule has 0 aliphatic heterocycles. The van der Waals surface area contributed by atoms with Gasteiger partial charge in [0, 0.05) is 36.5 Å². The predicted octanol–water partition coefficient (Wildman–Crippen LogP) is 1.06. The maximum atomic E-state index is 5.81. The van der Waals surface area contributed by atoms with Crippen molar-refractivity contribution in [2.45, 2.75) is 31.2 Å². The Morgan fingerprint density at radius 3 is 3.00 bits per heavy atom. The maximum absolute atomic E-state index is 5.81. The molecule has 0 amide bonds. The molecule has 0 bridgehead atoms. The highest BCUT2D eigenvalue weighted by atomic mass is 15.1. The van der Waals surface area contributed by atoms with Crippen molar-refractivity contribution >= 4 is 5.82 Å². The van der Waals surface area contributed by atoms with Gasteiger partial charge in [-0.1, -0.05) is 0 Å². The predicted molar refractivity (Wildman–Crippen MR) is 72.8 cm³/mol. The summed E-state index contributed by atoms with van der Waals surface area (Å²) in [6.45, 7) is 0.833. The van der Waals surface area contributed by atoms with Crippen molar-refractivity contribution in [1.29, 1.82) is 0 Å². The number of nitrogens with two attached hydrogens (primary N) is 1. The number of hydrogen-bond acceptors (Lipinski definition) is 5. The summed E-state index contributed by atoms with van der Waals surface area (Å²) in [7, 11) is 0. The lowest BCUT2D eigenvalue weighted by molar-refractivity contribution is 0.345. The van der Waals surface area contributed by atoms with Crippen LogP contribution in [-0.4, -0.2) is 32.8 Å². The lowest BCUT2D eigenvalue weighted by Crippen LogP contribution is -2.35. The lowest BCUT2D eigenvalue weighted by Gasteiger charge is -2.31.